The predicted molar refractivity (Wildman–Crippen MR) is 64.2 cm³/mol. The molecule has 16 heavy (non-hydrogen) atoms. The van der Waals surface area contributed by atoms with Crippen molar-refractivity contribution >= 4 is 29.1 Å². The van der Waals surface area contributed by atoms with Gasteiger partial charge in [0.15, 0.2) is 5.78 Å². The number of anilines is 1. The van der Waals surface area contributed by atoms with Crippen LogP contribution in [0.5, 0.6) is 0 Å². The molecule has 1 aliphatic heterocycles. The smallest absolute Gasteiger partial charge is 0.228 e. The number of ketones is 1. The number of Topliss-reactive ketones (excluding diaryl/α,β-unsaturated/α-hetero) is 1. The number of carbonyl (C=O) groups excluding carboxylic acids is 2. The van der Waals surface area contributed by atoms with Gasteiger partial charge in [-0.2, -0.15) is 0 Å². The summed E-state index contributed by atoms with van der Waals surface area (Å²) < 4.78 is 0. The second-order valence-corrected chi connectivity index (χ2v) is 4.59. The molecule has 0 fully saturated rings. The summed E-state index contributed by atoms with van der Waals surface area (Å²) in [6.07, 6.45) is 1.61. The van der Waals surface area contributed by atoms with Crippen LogP contribution in [0.4, 0.5) is 5.69 Å². The zero-order chi connectivity index (χ0) is 11.7. The molecule has 0 radical (unpaired) electrons. The largest absolute Gasteiger partial charge is 0.294 e. The van der Waals surface area contributed by atoms with Crippen LogP contribution in [0.1, 0.15) is 13.8 Å². The fourth-order valence-corrected chi connectivity index (χ4v) is 2.45. The van der Waals surface area contributed by atoms with Crippen molar-refractivity contribution in [3.05, 3.63) is 35.4 Å². The van der Waals surface area contributed by atoms with Crippen LogP contribution in [0.15, 0.2) is 40.3 Å². The van der Waals surface area contributed by atoms with E-state index in [-0.39, 0.29) is 11.7 Å². The average molecular weight is 233 g/mol. The van der Waals surface area contributed by atoms with Gasteiger partial charge in [-0.25, -0.2) is 0 Å². The molecule has 0 unspecified atom stereocenters. The molecule has 0 atom stereocenters. The zero-order valence-corrected chi connectivity index (χ0v) is 9.88. The lowest BCUT2D eigenvalue weighted by Gasteiger charge is -2.25. The summed E-state index contributed by atoms with van der Waals surface area (Å²) >= 11 is 1.40. The highest BCUT2D eigenvalue weighted by Gasteiger charge is 2.22. The molecule has 0 aliphatic carbocycles. The topological polar surface area (TPSA) is 37.4 Å². The molecule has 0 N–H and O–H groups in total. The van der Waals surface area contributed by atoms with E-state index in [9.17, 15) is 9.59 Å². The zero-order valence-electron chi connectivity index (χ0n) is 9.06. The van der Waals surface area contributed by atoms with Gasteiger partial charge < -0.3 is 0 Å². The maximum Gasteiger partial charge on any atom is 0.228 e. The Morgan fingerprint density at radius 3 is 2.50 bits per heavy atom. The number of hydrogen-bond acceptors (Lipinski definition) is 3. The molecule has 0 aromatic heterocycles. The van der Waals surface area contributed by atoms with Crippen LogP contribution in [-0.4, -0.2) is 11.7 Å². The number of fused-ring (bicyclic) bond motifs is 1. The third-order valence-corrected chi connectivity index (χ3v) is 3.46. The van der Waals surface area contributed by atoms with Gasteiger partial charge in [0, 0.05) is 18.0 Å². The Balaban J connectivity index is 2.51. The van der Waals surface area contributed by atoms with Gasteiger partial charge >= 0.3 is 0 Å². The lowest BCUT2D eigenvalue weighted by Crippen LogP contribution is -2.25. The van der Waals surface area contributed by atoms with Crippen molar-refractivity contribution in [2.75, 3.05) is 4.90 Å². The van der Waals surface area contributed by atoms with Crippen molar-refractivity contribution in [2.24, 2.45) is 0 Å². The monoisotopic (exact) mass is 233 g/mol. The number of thioether (sulfide) groups is 1. The Kier molecular flexibility index (Phi) is 2.83. The molecule has 1 aromatic carbocycles. The van der Waals surface area contributed by atoms with Crippen LogP contribution < -0.4 is 4.90 Å². The van der Waals surface area contributed by atoms with Crippen LogP contribution in [0.2, 0.25) is 0 Å². The van der Waals surface area contributed by atoms with Gasteiger partial charge in [-0.3, -0.25) is 14.5 Å². The Hall–Kier alpha value is -1.55. The van der Waals surface area contributed by atoms with Gasteiger partial charge in [-0.15, -0.1) is 0 Å². The summed E-state index contributed by atoms with van der Waals surface area (Å²) in [5.41, 5.74) is 0.838. The van der Waals surface area contributed by atoms with Crippen LogP contribution in [0, 0.1) is 0 Å². The van der Waals surface area contributed by atoms with E-state index in [1.807, 2.05) is 24.3 Å². The van der Waals surface area contributed by atoms with Crippen molar-refractivity contribution in [1.29, 1.82) is 0 Å². The molecule has 1 aliphatic rings. The highest BCUT2D eigenvalue weighted by Crippen LogP contribution is 2.39. The van der Waals surface area contributed by atoms with Crippen LogP contribution >= 0.6 is 11.8 Å². The van der Waals surface area contributed by atoms with E-state index in [0.717, 1.165) is 10.6 Å². The molecule has 2 rings (SSSR count). The molecule has 0 saturated heterocycles. The number of nitrogens with zero attached hydrogens (tertiary/aromatic N) is 1. The molecule has 0 saturated carbocycles. The van der Waals surface area contributed by atoms with E-state index < -0.39 is 0 Å². The third kappa shape index (κ3) is 1.88. The fourth-order valence-electron chi connectivity index (χ4n) is 1.50. The Labute approximate surface area is 98.1 Å². The van der Waals surface area contributed by atoms with E-state index in [1.54, 1.807) is 6.20 Å². The maximum absolute atomic E-state index is 11.5. The fraction of sp³-hybridized carbons (Fsp3) is 0.167. The van der Waals surface area contributed by atoms with E-state index >= 15 is 0 Å². The molecule has 0 spiro atoms. The molecule has 3 nitrogen and oxygen atoms in total. The van der Waals surface area contributed by atoms with Crippen LogP contribution in [0.3, 0.4) is 0 Å². The summed E-state index contributed by atoms with van der Waals surface area (Å²) in [6.45, 7) is 2.99. The first-order chi connectivity index (χ1) is 7.59. The van der Waals surface area contributed by atoms with Crippen molar-refractivity contribution in [3.63, 3.8) is 0 Å². The third-order valence-electron chi connectivity index (χ3n) is 2.28. The van der Waals surface area contributed by atoms with Gasteiger partial charge in [0.05, 0.1) is 10.6 Å². The highest BCUT2D eigenvalue weighted by atomic mass is 32.2. The van der Waals surface area contributed by atoms with Gasteiger partial charge in [0.25, 0.3) is 0 Å². The second-order valence-electron chi connectivity index (χ2n) is 3.51. The maximum atomic E-state index is 11.5. The molecule has 0 bridgehead atoms. The number of allylic oxidation sites excluding steroid dienone is 1. The van der Waals surface area contributed by atoms with Gasteiger partial charge in [-0.05, 0) is 19.1 Å². The lowest BCUT2D eigenvalue weighted by atomic mass is 10.2. The van der Waals surface area contributed by atoms with Crippen molar-refractivity contribution in [1.82, 2.24) is 0 Å². The van der Waals surface area contributed by atoms with E-state index in [2.05, 4.69) is 0 Å². The summed E-state index contributed by atoms with van der Waals surface area (Å²) in [5, 5.41) is 0. The normalized spacial score (nSPS) is 14.1. The Bertz CT molecular complexity index is 494. The van der Waals surface area contributed by atoms with E-state index in [4.69, 9.17) is 0 Å². The van der Waals surface area contributed by atoms with Crippen molar-refractivity contribution in [3.8, 4) is 0 Å². The minimum absolute atomic E-state index is 0.0225. The van der Waals surface area contributed by atoms with Crippen LogP contribution in [0.25, 0.3) is 0 Å². The molecule has 1 heterocycles. The Morgan fingerprint density at radius 2 is 1.88 bits per heavy atom. The molecular weight excluding hydrogens is 222 g/mol. The SMILES string of the molecule is CC(=O)C1=CN(C(C)=O)c2ccccc2S1. The summed E-state index contributed by atoms with van der Waals surface area (Å²) in [5.74, 6) is -0.114. The number of carbonyl (C=O) groups is 2. The minimum atomic E-state index is -0.0912. The number of para-hydroxylation sites is 1. The van der Waals surface area contributed by atoms with Crippen molar-refractivity contribution < 1.29 is 9.59 Å². The summed E-state index contributed by atoms with van der Waals surface area (Å²) in [7, 11) is 0. The molecule has 1 amide bonds. The van der Waals surface area contributed by atoms with Crippen LogP contribution in [-0.2, 0) is 9.59 Å². The first-order valence-electron chi connectivity index (χ1n) is 4.89. The molecule has 82 valence electrons. The van der Waals surface area contributed by atoms with E-state index in [0.29, 0.717) is 4.91 Å². The summed E-state index contributed by atoms with van der Waals surface area (Å²) in [6, 6.07) is 7.55. The second kappa shape index (κ2) is 4.14. The number of rotatable bonds is 1. The quantitative estimate of drug-likeness (QED) is 0.748. The predicted octanol–water partition coefficient (Wildman–Crippen LogP) is 2.58. The standard InChI is InChI=1S/C12H11NO2S/c1-8(14)12-7-13(9(2)15)10-5-3-4-6-11(10)16-12/h3-7H,1-2H3. The van der Waals surface area contributed by atoms with Crippen molar-refractivity contribution in [2.45, 2.75) is 18.7 Å². The number of hydrogen-bond donors (Lipinski definition) is 0. The number of benzene rings is 1. The van der Waals surface area contributed by atoms with Gasteiger partial charge in [0.2, 0.25) is 5.91 Å². The van der Waals surface area contributed by atoms with Gasteiger partial charge in [-0.1, -0.05) is 23.9 Å². The van der Waals surface area contributed by atoms with Gasteiger partial charge in [0.1, 0.15) is 0 Å². The summed E-state index contributed by atoms with van der Waals surface area (Å²) in [4.78, 5) is 25.9. The lowest BCUT2D eigenvalue weighted by molar-refractivity contribution is -0.116. The Morgan fingerprint density at radius 1 is 1.19 bits per heavy atom. The first-order valence-corrected chi connectivity index (χ1v) is 5.70. The highest BCUT2D eigenvalue weighted by molar-refractivity contribution is 8.04. The molecular formula is C12H11NO2S. The first kappa shape index (κ1) is 11.0. The molecule has 4 heteroatoms. The van der Waals surface area contributed by atoms with E-state index in [1.165, 1.54) is 30.5 Å². The minimum Gasteiger partial charge on any atom is -0.294 e. The number of amides is 1. The molecule has 1 aromatic rings. The average Bonchev–Trinajstić information content (AvgIpc) is 2.27.